The summed E-state index contributed by atoms with van der Waals surface area (Å²) in [5.41, 5.74) is 2.08. The maximum atomic E-state index is 13.7. The lowest BCUT2D eigenvalue weighted by molar-refractivity contribution is -0.133. The second kappa shape index (κ2) is 8.20. The van der Waals surface area contributed by atoms with E-state index in [9.17, 15) is 14.0 Å². The van der Waals surface area contributed by atoms with E-state index in [4.69, 9.17) is 0 Å². The Kier molecular flexibility index (Phi) is 5.21. The summed E-state index contributed by atoms with van der Waals surface area (Å²) in [6.45, 7) is 2.69. The first-order valence-corrected chi connectivity index (χ1v) is 10.9. The van der Waals surface area contributed by atoms with Gasteiger partial charge in [-0.05, 0) is 42.3 Å². The Morgan fingerprint density at radius 3 is 2.42 bits per heavy atom. The van der Waals surface area contributed by atoms with Crippen molar-refractivity contribution in [2.24, 2.45) is 0 Å². The molecule has 2 amide bonds. The van der Waals surface area contributed by atoms with Crippen molar-refractivity contribution in [1.29, 1.82) is 0 Å². The predicted molar refractivity (Wildman–Crippen MR) is 125 cm³/mol. The molecule has 0 spiro atoms. The van der Waals surface area contributed by atoms with E-state index in [0.29, 0.717) is 18.8 Å². The van der Waals surface area contributed by atoms with E-state index < -0.39 is 5.54 Å². The number of amides is 2. The largest absolute Gasteiger partial charge is 0.350 e. The summed E-state index contributed by atoms with van der Waals surface area (Å²) >= 11 is 0. The molecule has 0 saturated carbocycles. The standard InChI is InChI=1S/C27H24FN3O2/c1-27(26(33)29-16-19-7-3-2-4-8-19)18-30-23-10-6-5-9-21(23)15-24(30)25(32)31(27)17-20-11-13-22(28)14-12-20/h2-15H,16-18H2,1H3,(H,29,33)/t27-/m1/s1. The molecule has 0 radical (unpaired) electrons. The maximum absolute atomic E-state index is 13.7. The average molecular weight is 442 g/mol. The lowest BCUT2D eigenvalue weighted by atomic mass is 9.93. The summed E-state index contributed by atoms with van der Waals surface area (Å²) in [6.07, 6.45) is 0. The van der Waals surface area contributed by atoms with Gasteiger partial charge in [0, 0.05) is 24.0 Å². The molecule has 1 atom stereocenters. The summed E-state index contributed by atoms with van der Waals surface area (Å²) in [5.74, 6) is -0.795. The van der Waals surface area contributed by atoms with Crippen LogP contribution in [-0.2, 0) is 24.4 Å². The minimum atomic E-state index is -1.13. The van der Waals surface area contributed by atoms with Gasteiger partial charge in [-0.15, -0.1) is 0 Å². The van der Waals surface area contributed by atoms with Gasteiger partial charge in [0.2, 0.25) is 5.91 Å². The highest BCUT2D eigenvalue weighted by Crippen LogP contribution is 2.33. The normalized spacial score (nSPS) is 17.8. The Labute approximate surface area is 191 Å². The fourth-order valence-electron chi connectivity index (χ4n) is 4.50. The zero-order chi connectivity index (χ0) is 23.0. The summed E-state index contributed by atoms with van der Waals surface area (Å²) < 4.78 is 15.4. The Morgan fingerprint density at radius 2 is 1.67 bits per heavy atom. The molecule has 5 nitrogen and oxygen atoms in total. The van der Waals surface area contributed by atoms with Crippen molar-refractivity contribution < 1.29 is 14.0 Å². The number of fused-ring (bicyclic) bond motifs is 3. The van der Waals surface area contributed by atoms with Crippen molar-refractivity contribution in [2.75, 3.05) is 0 Å². The van der Waals surface area contributed by atoms with E-state index in [1.165, 1.54) is 12.1 Å². The molecule has 4 aromatic rings. The number of hydrogen-bond donors (Lipinski definition) is 1. The number of rotatable bonds is 5. The zero-order valence-electron chi connectivity index (χ0n) is 18.3. The second-order valence-corrected chi connectivity index (χ2v) is 8.63. The fraction of sp³-hybridized carbons (Fsp3) is 0.185. The quantitative estimate of drug-likeness (QED) is 0.495. The molecule has 0 unspecified atom stereocenters. The van der Waals surface area contributed by atoms with Crippen LogP contribution in [0.4, 0.5) is 4.39 Å². The molecule has 6 heteroatoms. The first kappa shape index (κ1) is 20.9. The highest BCUT2D eigenvalue weighted by atomic mass is 19.1. The minimum absolute atomic E-state index is 0.204. The van der Waals surface area contributed by atoms with Crippen LogP contribution < -0.4 is 5.32 Å². The number of aromatic nitrogens is 1. The maximum Gasteiger partial charge on any atom is 0.271 e. The van der Waals surface area contributed by atoms with Crippen molar-refractivity contribution >= 4 is 22.7 Å². The topological polar surface area (TPSA) is 54.3 Å². The van der Waals surface area contributed by atoms with Crippen LogP contribution in [-0.4, -0.2) is 26.8 Å². The molecule has 5 rings (SSSR count). The van der Waals surface area contributed by atoms with Crippen LogP contribution in [0.25, 0.3) is 10.9 Å². The number of carbonyl (C=O) groups excluding carboxylic acids is 2. The monoisotopic (exact) mass is 441 g/mol. The number of nitrogens with one attached hydrogen (secondary N) is 1. The van der Waals surface area contributed by atoms with Crippen LogP contribution in [0.15, 0.2) is 84.9 Å². The Hall–Kier alpha value is -3.93. The van der Waals surface area contributed by atoms with Gasteiger partial charge in [0.15, 0.2) is 0 Å². The zero-order valence-corrected chi connectivity index (χ0v) is 18.3. The number of carbonyl (C=O) groups is 2. The van der Waals surface area contributed by atoms with Crippen LogP contribution in [0, 0.1) is 5.82 Å². The number of hydrogen-bond acceptors (Lipinski definition) is 2. The van der Waals surface area contributed by atoms with Crippen LogP contribution in [0.5, 0.6) is 0 Å². The first-order valence-electron chi connectivity index (χ1n) is 10.9. The van der Waals surface area contributed by atoms with Crippen molar-refractivity contribution in [2.45, 2.75) is 32.1 Å². The number of halogens is 1. The minimum Gasteiger partial charge on any atom is -0.350 e. The van der Waals surface area contributed by atoms with E-state index in [1.54, 1.807) is 24.0 Å². The summed E-state index contributed by atoms with van der Waals surface area (Å²) in [7, 11) is 0. The molecule has 166 valence electrons. The van der Waals surface area contributed by atoms with Crippen molar-refractivity contribution in [3.05, 3.63) is 108 Å². The van der Waals surface area contributed by atoms with Crippen molar-refractivity contribution in [1.82, 2.24) is 14.8 Å². The van der Waals surface area contributed by atoms with E-state index in [-0.39, 0.29) is 24.2 Å². The summed E-state index contributed by atoms with van der Waals surface area (Å²) in [6, 6.07) is 25.4. The van der Waals surface area contributed by atoms with E-state index in [1.807, 2.05) is 65.2 Å². The molecular weight excluding hydrogens is 417 g/mol. The molecule has 3 aromatic carbocycles. The van der Waals surface area contributed by atoms with E-state index in [2.05, 4.69) is 5.32 Å². The number of para-hydroxylation sites is 1. The molecule has 2 heterocycles. The molecule has 1 aliphatic heterocycles. The predicted octanol–water partition coefficient (Wildman–Crippen LogP) is 4.51. The lowest BCUT2D eigenvalue weighted by Gasteiger charge is -2.44. The first-order chi connectivity index (χ1) is 16.0. The van der Waals surface area contributed by atoms with Gasteiger partial charge in [0.1, 0.15) is 17.1 Å². The molecule has 0 bridgehead atoms. The highest BCUT2D eigenvalue weighted by molar-refractivity contribution is 6.03. The molecule has 33 heavy (non-hydrogen) atoms. The third kappa shape index (κ3) is 3.78. The van der Waals surface area contributed by atoms with E-state index >= 15 is 0 Å². The van der Waals surface area contributed by atoms with Crippen LogP contribution in [0.1, 0.15) is 28.5 Å². The van der Waals surface area contributed by atoms with Gasteiger partial charge in [-0.3, -0.25) is 9.59 Å². The SMILES string of the molecule is C[C@]1(C(=O)NCc2ccccc2)Cn2c(cc3ccccc32)C(=O)N1Cc1ccc(F)cc1. The molecule has 0 aliphatic carbocycles. The van der Waals surface area contributed by atoms with Crippen LogP contribution in [0.3, 0.4) is 0 Å². The van der Waals surface area contributed by atoms with E-state index in [0.717, 1.165) is 22.0 Å². The van der Waals surface area contributed by atoms with Crippen molar-refractivity contribution in [3.8, 4) is 0 Å². The lowest BCUT2D eigenvalue weighted by Crippen LogP contribution is -2.63. The van der Waals surface area contributed by atoms with Crippen LogP contribution in [0.2, 0.25) is 0 Å². The highest BCUT2D eigenvalue weighted by Gasteiger charge is 2.47. The molecule has 1 N–H and O–H groups in total. The second-order valence-electron chi connectivity index (χ2n) is 8.63. The molecular formula is C27H24FN3O2. The Morgan fingerprint density at radius 1 is 0.970 bits per heavy atom. The van der Waals surface area contributed by atoms with Gasteiger partial charge in [-0.2, -0.15) is 0 Å². The molecule has 1 aromatic heterocycles. The summed E-state index contributed by atoms with van der Waals surface area (Å²) in [5, 5.41) is 3.97. The number of benzene rings is 3. The van der Waals surface area contributed by atoms with Gasteiger partial charge in [0.25, 0.3) is 5.91 Å². The van der Waals surface area contributed by atoms with Gasteiger partial charge in [-0.25, -0.2) is 4.39 Å². The van der Waals surface area contributed by atoms with Gasteiger partial charge >= 0.3 is 0 Å². The third-order valence-corrected chi connectivity index (χ3v) is 6.38. The average Bonchev–Trinajstić information content (AvgIpc) is 3.20. The molecule has 1 aliphatic rings. The Bertz CT molecular complexity index is 1330. The van der Waals surface area contributed by atoms with Crippen molar-refractivity contribution in [3.63, 3.8) is 0 Å². The van der Waals surface area contributed by atoms with Crippen LogP contribution >= 0.6 is 0 Å². The Balaban J connectivity index is 1.53. The number of nitrogens with zero attached hydrogens (tertiary/aromatic N) is 2. The smallest absolute Gasteiger partial charge is 0.271 e. The molecule has 0 saturated heterocycles. The van der Waals surface area contributed by atoms with Gasteiger partial charge in [0.05, 0.1) is 6.54 Å². The third-order valence-electron chi connectivity index (χ3n) is 6.38. The fourth-order valence-corrected chi connectivity index (χ4v) is 4.50. The van der Waals surface area contributed by atoms with Gasteiger partial charge < -0.3 is 14.8 Å². The summed E-state index contributed by atoms with van der Waals surface area (Å²) in [4.78, 5) is 28.9. The molecule has 0 fully saturated rings. The van der Waals surface area contributed by atoms with Gasteiger partial charge in [-0.1, -0.05) is 60.7 Å².